The first-order chi connectivity index (χ1) is 12.0. The van der Waals surface area contributed by atoms with Crippen LogP contribution in [-0.4, -0.2) is 42.5 Å². The van der Waals surface area contributed by atoms with E-state index in [1.165, 1.54) is 0 Å². The zero-order valence-corrected chi connectivity index (χ0v) is 15.6. The van der Waals surface area contributed by atoms with Crippen LogP contribution in [0.3, 0.4) is 0 Å². The lowest BCUT2D eigenvalue weighted by Gasteiger charge is -2.34. The number of likely N-dealkylation sites (tertiary alicyclic amines) is 1. The molecular weight excluding hydrogens is 316 g/mol. The number of carbonyl (C=O) groups is 2. The monoisotopic (exact) mass is 346 g/mol. The lowest BCUT2D eigenvalue weighted by atomic mass is 9.98. The maximum absolute atomic E-state index is 12.4. The first-order valence-corrected chi connectivity index (χ1v) is 9.31. The number of amides is 2. The number of piperidine rings is 1. The van der Waals surface area contributed by atoms with Crippen LogP contribution < -0.4 is 10.1 Å². The van der Waals surface area contributed by atoms with E-state index in [-0.39, 0.29) is 30.4 Å². The van der Waals surface area contributed by atoms with E-state index in [1.54, 1.807) is 0 Å². The van der Waals surface area contributed by atoms with Crippen molar-refractivity contribution in [1.29, 1.82) is 0 Å². The van der Waals surface area contributed by atoms with Gasteiger partial charge >= 0.3 is 0 Å². The van der Waals surface area contributed by atoms with Crippen molar-refractivity contribution in [2.24, 2.45) is 5.92 Å². The fourth-order valence-electron chi connectivity index (χ4n) is 3.19. The van der Waals surface area contributed by atoms with Gasteiger partial charge in [-0.15, -0.1) is 0 Å². The number of benzene rings is 1. The Morgan fingerprint density at radius 1 is 1.16 bits per heavy atom. The van der Waals surface area contributed by atoms with Crippen LogP contribution in [-0.2, 0) is 9.59 Å². The molecule has 1 saturated heterocycles. The lowest BCUT2D eigenvalue weighted by molar-refractivity contribution is -0.137. The Morgan fingerprint density at radius 3 is 2.32 bits per heavy atom. The van der Waals surface area contributed by atoms with Gasteiger partial charge in [-0.25, -0.2) is 0 Å². The molecule has 0 unspecified atom stereocenters. The van der Waals surface area contributed by atoms with Gasteiger partial charge in [-0.3, -0.25) is 9.59 Å². The van der Waals surface area contributed by atoms with Gasteiger partial charge in [0.2, 0.25) is 5.91 Å². The molecular formula is C20H30N2O3. The largest absolute Gasteiger partial charge is 0.484 e. The van der Waals surface area contributed by atoms with Gasteiger partial charge in [-0.05, 0) is 44.7 Å². The third-order valence-electron chi connectivity index (χ3n) is 4.90. The highest BCUT2D eigenvalue weighted by Crippen LogP contribution is 2.17. The van der Waals surface area contributed by atoms with Gasteiger partial charge in [0.25, 0.3) is 5.91 Å². The third-order valence-corrected chi connectivity index (χ3v) is 4.90. The van der Waals surface area contributed by atoms with Crippen LogP contribution in [0.25, 0.3) is 0 Å². The summed E-state index contributed by atoms with van der Waals surface area (Å²) in [4.78, 5) is 26.4. The first kappa shape index (κ1) is 19.3. The minimum atomic E-state index is -0.106. The Morgan fingerprint density at radius 2 is 1.76 bits per heavy atom. The molecule has 1 aromatic carbocycles. The lowest BCUT2D eigenvalue weighted by Crippen LogP contribution is -2.48. The minimum absolute atomic E-state index is 0.0238. The van der Waals surface area contributed by atoms with Gasteiger partial charge in [-0.1, -0.05) is 31.5 Å². The summed E-state index contributed by atoms with van der Waals surface area (Å²) in [6.45, 7) is 7.60. The van der Waals surface area contributed by atoms with Crippen LogP contribution >= 0.6 is 0 Å². The summed E-state index contributed by atoms with van der Waals surface area (Å²) in [6, 6.07) is 7.77. The number of aryl methyl sites for hydroxylation is 1. The Labute approximate surface area is 150 Å². The van der Waals surface area contributed by atoms with E-state index in [0.717, 1.165) is 44.3 Å². The Kier molecular flexibility index (Phi) is 7.29. The number of nitrogens with zero attached hydrogens (tertiary/aromatic N) is 1. The maximum atomic E-state index is 12.4. The van der Waals surface area contributed by atoms with Crippen LogP contribution in [0.4, 0.5) is 0 Å². The molecule has 0 atom stereocenters. The molecule has 25 heavy (non-hydrogen) atoms. The van der Waals surface area contributed by atoms with E-state index in [1.807, 2.05) is 36.1 Å². The molecule has 1 aliphatic rings. The van der Waals surface area contributed by atoms with Crippen LogP contribution in [0.5, 0.6) is 5.75 Å². The highest BCUT2D eigenvalue weighted by Gasteiger charge is 2.27. The van der Waals surface area contributed by atoms with Crippen molar-refractivity contribution < 1.29 is 14.3 Å². The summed E-state index contributed by atoms with van der Waals surface area (Å²) in [5, 5.41) is 3.02. The van der Waals surface area contributed by atoms with Crippen molar-refractivity contribution in [1.82, 2.24) is 10.2 Å². The molecule has 2 amide bonds. The second-order valence-electron chi connectivity index (χ2n) is 6.78. The summed E-state index contributed by atoms with van der Waals surface area (Å²) < 4.78 is 5.51. The molecule has 138 valence electrons. The second-order valence-corrected chi connectivity index (χ2v) is 6.78. The van der Waals surface area contributed by atoms with Gasteiger partial charge in [0.1, 0.15) is 5.75 Å². The quantitative estimate of drug-likeness (QED) is 0.826. The van der Waals surface area contributed by atoms with Crippen molar-refractivity contribution in [2.75, 3.05) is 19.7 Å². The molecule has 5 heteroatoms. The Hall–Kier alpha value is -2.04. The molecule has 2 rings (SSSR count). The highest BCUT2D eigenvalue weighted by molar-refractivity contribution is 5.79. The molecule has 0 radical (unpaired) electrons. The zero-order valence-electron chi connectivity index (χ0n) is 15.6. The highest BCUT2D eigenvalue weighted by atomic mass is 16.5. The molecule has 0 aliphatic carbocycles. The first-order valence-electron chi connectivity index (χ1n) is 9.31. The van der Waals surface area contributed by atoms with Gasteiger partial charge in [0.15, 0.2) is 6.61 Å². The molecule has 0 aromatic heterocycles. The van der Waals surface area contributed by atoms with Crippen molar-refractivity contribution in [3.63, 3.8) is 0 Å². The number of hydrogen-bond acceptors (Lipinski definition) is 3. The van der Waals surface area contributed by atoms with E-state index < -0.39 is 0 Å². The second kappa shape index (κ2) is 9.44. The van der Waals surface area contributed by atoms with Gasteiger partial charge in [0, 0.05) is 25.0 Å². The number of nitrogens with one attached hydrogen (secondary N) is 1. The van der Waals surface area contributed by atoms with E-state index in [4.69, 9.17) is 4.74 Å². The average molecular weight is 346 g/mol. The third kappa shape index (κ3) is 5.76. The SMILES string of the molecule is CCC(CC)C(=O)N1CCC(NC(=O)COc2ccc(C)cc2)CC1. The van der Waals surface area contributed by atoms with Gasteiger partial charge in [-0.2, -0.15) is 0 Å². The molecule has 1 heterocycles. The van der Waals surface area contributed by atoms with Gasteiger partial charge < -0.3 is 15.0 Å². The summed E-state index contributed by atoms with van der Waals surface area (Å²) in [6.07, 6.45) is 3.40. The fraction of sp³-hybridized carbons (Fsp3) is 0.600. The normalized spacial score (nSPS) is 15.3. The summed E-state index contributed by atoms with van der Waals surface area (Å²) in [5.74, 6) is 0.989. The van der Waals surface area contributed by atoms with E-state index in [0.29, 0.717) is 5.75 Å². The van der Waals surface area contributed by atoms with Crippen molar-refractivity contribution in [2.45, 2.75) is 52.5 Å². The Balaban J connectivity index is 1.71. The zero-order chi connectivity index (χ0) is 18.2. The maximum Gasteiger partial charge on any atom is 0.258 e. The van der Waals surface area contributed by atoms with E-state index in [9.17, 15) is 9.59 Å². The van der Waals surface area contributed by atoms with Gasteiger partial charge in [0.05, 0.1) is 0 Å². The Bertz CT molecular complexity index is 559. The molecule has 1 N–H and O–H groups in total. The van der Waals surface area contributed by atoms with E-state index >= 15 is 0 Å². The fourth-order valence-corrected chi connectivity index (χ4v) is 3.19. The predicted octanol–water partition coefficient (Wildman–Crippen LogP) is 2.92. The predicted molar refractivity (Wildman–Crippen MR) is 98.5 cm³/mol. The minimum Gasteiger partial charge on any atom is -0.484 e. The van der Waals surface area contributed by atoms with Crippen LogP contribution in [0, 0.1) is 12.8 Å². The number of ether oxygens (including phenoxy) is 1. The topological polar surface area (TPSA) is 58.6 Å². The molecule has 5 nitrogen and oxygen atoms in total. The van der Waals surface area contributed by atoms with Crippen molar-refractivity contribution in [3.8, 4) is 5.75 Å². The number of rotatable bonds is 7. The molecule has 1 aliphatic heterocycles. The molecule has 1 aromatic rings. The standard InChI is InChI=1S/C20H30N2O3/c1-4-16(5-2)20(24)22-12-10-17(11-13-22)21-19(23)14-25-18-8-6-15(3)7-9-18/h6-9,16-17H,4-5,10-14H2,1-3H3,(H,21,23). The molecule has 0 spiro atoms. The molecule has 0 bridgehead atoms. The van der Waals surface area contributed by atoms with E-state index in [2.05, 4.69) is 19.2 Å². The van der Waals surface area contributed by atoms with Crippen molar-refractivity contribution >= 4 is 11.8 Å². The number of carbonyl (C=O) groups excluding carboxylic acids is 2. The molecule has 0 saturated carbocycles. The average Bonchev–Trinajstić information content (AvgIpc) is 2.63. The number of hydrogen-bond donors (Lipinski definition) is 1. The summed E-state index contributed by atoms with van der Waals surface area (Å²) in [5.41, 5.74) is 1.16. The van der Waals surface area contributed by atoms with Crippen molar-refractivity contribution in [3.05, 3.63) is 29.8 Å². The summed E-state index contributed by atoms with van der Waals surface area (Å²) >= 11 is 0. The van der Waals surface area contributed by atoms with Crippen LogP contribution in [0.1, 0.15) is 45.1 Å². The van der Waals surface area contributed by atoms with Crippen LogP contribution in [0.2, 0.25) is 0 Å². The molecule has 1 fully saturated rings. The smallest absolute Gasteiger partial charge is 0.258 e. The van der Waals surface area contributed by atoms with Crippen LogP contribution in [0.15, 0.2) is 24.3 Å². The summed E-state index contributed by atoms with van der Waals surface area (Å²) in [7, 11) is 0.